The van der Waals surface area contributed by atoms with Crippen LogP contribution in [0.25, 0.3) is 0 Å². The molecule has 1 N–H and O–H groups in total. The van der Waals surface area contributed by atoms with Gasteiger partial charge in [-0.2, -0.15) is 5.10 Å². The number of nitrogens with zero attached hydrogens (tertiary/aromatic N) is 2. The molecule has 21 heavy (non-hydrogen) atoms. The number of nitrogens with one attached hydrogen (secondary N) is 1. The van der Waals surface area contributed by atoms with Crippen LogP contribution in [0.4, 0.5) is 0 Å². The van der Waals surface area contributed by atoms with Gasteiger partial charge in [0, 0.05) is 25.2 Å². The van der Waals surface area contributed by atoms with Crippen molar-refractivity contribution in [3.63, 3.8) is 0 Å². The molecule has 0 aromatic carbocycles. The molecule has 1 aliphatic heterocycles. The van der Waals surface area contributed by atoms with Crippen molar-refractivity contribution in [1.82, 2.24) is 15.1 Å². The first-order chi connectivity index (χ1) is 10.0. The topological polar surface area (TPSA) is 58.2 Å². The monoisotopic (exact) mass is 291 g/mol. The van der Waals surface area contributed by atoms with E-state index in [1.54, 1.807) is 6.08 Å². The van der Waals surface area contributed by atoms with Crippen molar-refractivity contribution >= 4 is 5.91 Å². The van der Waals surface area contributed by atoms with E-state index in [-0.39, 0.29) is 17.9 Å². The van der Waals surface area contributed by atoms with E-state index in [1.807, 2.05) is 18.7 Å². The number of likely N-dealkylation sites (tertiary alicyclic amines) is 1. The van der Waals surface area contributed by atoms with Crippen LogP contribution in [0.3, 0.4) is 0 Å². The predicted octanol–water partition coefficient (Wildman–Crippen LogP) is 2.32. The van der Waals surface area contributed by atoms with Crippen molar-refractivity contribution in [2.24, 2.45) is 0 Å². The number of carbonyl (C=O) groups is 1. The fourth-order valence-electron chi connectivity index (χ4n) is 3.07. The highest BCUT2D eigenvalue weighted by Crippen LogP contribution is 2.26. The van der Waals surface area contributed by atoms with Crippen LogP contribution in [0.5, 0.6) is 0 Å². The number of hydrogen-bond acceptors (Lipinski definition) is 3. The Labute approximate surface area is 126 Å². The SMILES string of the molecule is C=CCO[C@H]1CCN(C(=O)C[C@@H](C)c2c(C)n[nH]c2C)C1. The molecule has 1 aromatic rings. The first-order valence-corrected chi connectivity index (χ1v) is 7.54. The molecule has 0 bridgehead atoms. The van der Waals surface area contributed by atoms with Crippen LogP contribution in [0.15, 0.2) is 12.7 Å². The molecule has 0 radical (unpaired) electrons. The molecule has 5 nitrogen and oxygen atoms in total. The number of ether oxygens (including phenoxy) is 1. The zero-order valence-electron chi connectivity index (χ0n) is 13.2. The molecule has 1 saturated heterocycles. The lowest BCUT2D eigenvalue weighted by Gasteiger charge is -2.19. The van der Waals surface area contributed by atoms with E-state index in [0.717, 1.165) is 24.4 Å². The molecule has 0 spiro atoms. The molecule has 0 unspecified atom stereocenters. The Morgan fingerprint density at radius 2 is 2.38 bits per heavy atom. The van der Waals surface area contributed by atoms with E-state index in [2.05, 4.69) is 23.7 Å². The molecule has 2 heterocycles. The predicted molar refractivity (Wildman–Crippen MR) is 82.2 cm³/mol. The van der Waals surface area contributed by atoms with Gasteiger partial charge in [0.05, 0.1) is 18.4 Å². The van der Waals surface area contributed by atoms with Crippen molar-refractivity contribution < 1.29 is 9.53 Å². The molecule has 0 aliphatic carbocycles. The summed E-state index contributed by atoms with van der Waals surface area (Å²) >= 11 is 0. The molecule has 1 fully saturated rings. The van der Waals surface area contributed by atoms with Gasteiger partial charge in [0.2, 0.25) is 5.91 Å². The molecular formula is C16H25N3O2. The van der Waals surface area contributed by atoms with Crippen molar-refractivity contribution in [3.8, 4) is 0 Å². The maximum Gasteiger partial charge on any atom is 0.223 e. The van der Waals surface area contributed by atoms with Crippen LogP contribution in [-0.4, -0.2) is 46.8 Å². The summed E-state index contributed by atoms with van der Waals surface area (Å²) in [6.45, 7) is 11.8. The van der Waals surface area contributed by atoms with Crippen molar-refractivity contribution in [3.05, 3.63) is 29.6 Å². The van der Waals surface area contributed by atoms with Gasteiger partial charge in [-0.15, -0.1) is 6.58 Å². The Kier molecular flexibility index (Phi) is 5.17. The minimum absolute atomic E-state index is 0.152. The number of H-pyrrole nitrogens is 1. The summed E-state index contributed by atoms with van der Waals surface area (Å²) in [7, 11) is 0. The van der Waals surface area contributed by atoms with E-state index in [4.69, 9.17) is 4.74 Å². The highest BCUT2D eigenvalue weighted by Gasteiger charge is 2.28. The van der Waals surface area contributed by atoms with Crippen LogP contribution in [-0.2, 0) is 9.53 Å². The zero-order chi connectivity index (χ0) is 15.4. The molecule has 116 valence electrons. The number of amides is 1. The maximum atomic E-state index is 12.4. The Morgan fingerprint density at radius 3 is 3.00 bits per heavy atom. The molecule has 1 aromatic heterocycles. The van der Waals surface area contributed by atoms with E-state index in [0.29, 0.717) is 19.6 Å². The highest BCUT2D eigenvalue weighted by atomic mass is 16.5. The van der Waals surface area contributed by atoms with Crippen molar-refractivity contribution in [1.29, 1.82) is 0 Å². The number of aryl methyl sites for hydroxylation is 2. The minimum Gasteiger partial charge on any atom is -0.372 e. The van der Waals surface area contributed by atoms with Crippen LogP contribution in [0, 0.1) is 13.8 Å². The minimum atomic E-state index is 0.152. The largest absolute Gasteiger partial charge is 0.372 e. The third-order valence-electron chi connectivity index (χ3n) is 4.11. The highest BCUT2D eigenvalue weighted by molar-refractivity contribution is 5.77. The van der Waals surface area contributed by atoms with Gasteiger partial charge in [0.1, 0.15) is 0 Å². The van der Waals surface area contributed by atoms with Crippen LogP contribution in [0.1, 0.15) is 42.6 Å². The Bertz CT molecular complexity index is 490. The average molecular weight is 291 g/mol. The standard InChI is InChI=1S/C16H25N3O2/c1-5-8-21-14-6-7-19(10-14)15(20)9-11(2)16-12(3)17-18-13(16)4/h5,11,14H,1,6-10H2,2-4H3,(H,17,18)/t11-,14+/m1/s1. The summed E-state index contributed by atoms with van der Waals surface area (Å²) in [5, 5.41) is 7.20. The van der Waals surface area contributed by atoms with Gasteiger partial charge in [-0.25, -0.2) is 0 Å². The third-order valence-corrected chi connectivity index (χ3v) is 4.11. The lowest BCUT2D eigenvalue weighted by Crippen LogP contribution is -2.31. The third kappa shape index (κ3) is 3.73. The van der Waals surface area contributed by atoms with Crippen LogP contribution >= 0.6 is 0 Å². The number of carbonyl (C=O) groups excluding carboxylic acids is 1. The Hall–Kier alpha value is -1.62. The smallest absolute Gasteiger partial charge is 0.223 e. The van der Waals surface area contributed by atoms with Gasteiger partial charge in [-0.3, -0.25) is 9.89 Å². The second-order valence-electron chi connectivity index (χ2n) is 5.83. The van der Waals surface area contributed by atoms with E-state index in [1.165, 1.54) is 5.56 Å². The van der Waals surface area contributed by atoms with Gasteiger partial charge >= 0.3 is 0 Å². The van der Waals surface area contributed by atoms with Crippen LogP contribution in [0.2, 0.25) is 0 Å². The summed E-state index contributed by atoms with van der Waals surface area (Å²) < 4.78 is 5.62. The van der Waals surface area contributed by atoms with Crippen molar-refractivity contribution in [2.75, 3.05) is 19.7 Å². The molecule has 1 aliphatic rings. The molecule has 5 heteroatoms. The summed E-state index contributed by atoms with van der Waals surface area (Å²) in [4.78, 5) is 14.3. The Balaban J connectivity index is 1.89. The van der Waals surface area contributed by atoms with Gasteiger partial charge < -0.3 is 9.64 Å². The van der Waals surface area contributed by atoms with Gasteiger partial charge in [-0.1, -0.05) is 13.0 Å². The number of aromatic amines is 1. The molecule has 2 rings (SSSR count). The van der Waals surface area contributed by atoms with Crippen LogP contribution < -0.4 is 0 Å². The summed E-state index contributed by atoms with van der Waals surface area (Å²) in [5.74, 6) is 0.386. The van der Waals surface area contributed by atoms with Gasteiger partial charge in [0.15, 0.2) is 0 Å². The summed E-state index contributed by atoms with van der Waals surface area (Å²) in [6, 6.07) is 0. The fraction of sp³-hybridized carbons (Fsp3) is 0.625. The molecule has 2 atom stereocenters. The maximum absolute atomic E-state index is 12.4. The summed E-state index contributed by atoms with van der Waals surface area (Å²) in [6.07, 6.45) is 3.34. The number of rotatable bonds is 6. The second kappa shape index (κ2) is 6.89. The fourth-order valence-corrected chi connectivity index (χ4v) is 3.07. The molecular weight excluding hydrogens is 266 g/mol. The van der Waals surface area contributed by atoms with E-state index < -0.39 is 0 Å². The van der Waals surface area contributed by atoms with Gasteiger partial charge in [-0.05, 0) is 31.7 Å². The van der Waals surface area contributed by atoms with Gasteiger partial charge in [0.25, 0.3) is 0 Å². The lowest BCUT2D eigenvalue weighted by atomic mass is 9.95. The van der Waals surface area contributed by atoms with E-state index >= 15 is 0 Å². The zero-order valence-corrected chi connectivity index (χ0v) is 13.2. The van der Waals surface area contributed by atoms with Crippen molar-refractivity contribution in [2.45, 2.75) is 45.6 Å². The number of hydrogen-bond donors (Lipinski definition) is 1. The molecule has 0 saturated carbocycles. The summed E-state index contributed by atoms with van der Waals surface area (Å²) in [5.41, 5.74) is 3.21. The molecule has 1 amide bonds. The normalized spacial score (nSPS) is 19.8. The van der Waals surface area contributed by atoms with E-state index in [9.17, 15) is 4.79 Å². The Morgan fingerprint density at radius 1 is 1.62 bits per heavy atom. The average Bonchev–Trinajstić information content (AvgIpc) is 3.03. The number of aromatic nitrogens is 2. The quantitative estimate of drug-likeness (QED) is 0.818. The second-order valence-corrected chi connectivity index (χ2v) is 5.83. The lowest BCUT2D eigenvalue weighted by molar-refractivity contribution is -0.131. The first-order valence-electron chi connectivity index (χ1n) is 7.54. The first kappa shape index (κ1) is 15.8.